The van der Waals surface area contributed by atoms with Gasteiger partial charge in [0.2, 0.25) is 11.3 Å². The van der Waals surface area contributed by atoms with Gasteiger partial charge in [-0.15, -0.1) is 0 Å². The maximum absolute atomic E-state index is 12.6. The van der Waals surface area contributed by atoms with E-state index in [1.54, 1.807) is 30.3 Å². The summed E-state index contributed by atoms with van der Waals surface area (Å²) in [6, 6.07) is 18.0. The second kappa shape index (κ2) is 6.68. The number of carbonyl (C=O) groups is 3. The lowest BCUT2D eigenvalue weighted by molar-refractivity contribution is -0.148. The highest BCUT2D eigenvalue weighted by Crippen LogP contribution is 2.31. The first-order valence-electron chi connectivity index (χ1n) is 7.75. The third-order valence-electron chi connectivity index (χ3n) is 4.02. The zero-order valence-corrected chi connectivity index (χ0v) is 13.6. The molecule has 1 amide bonds. The van der Waals surface area contributed by atoms with Crippen molar-refractivity contribution in [2.24, 2.45) is 5.16 Å². The van der Waals surface area contributed by atoms with Gasteiger partial charge in [0.05, 0.1) is 0 Å². The van der Waals surface area contributed by atoms with E-state index in [4.69, 9.17) is 4.84 Å². The number of oxime groups is 1. The van der Waals surface area contributed by atoms with Gasteiger partial charge in [-0.3, -0.25) is 9.59 Å². The number of benzene rings is 2. The van der Waals surface area contributed by atoms with E-state index in [1.807, 2.05) is 30.3 Å². The standard InChI is InChI=1S/C19H16N2O4/c1-13(22)17(23)20-19(15-10-6-3-7-11-15)16(21-25-18(19)24)12-14-8-4-2-5-9-14/h2-11H,12H2,1H3,(H,20,23). The third kappa shape index (κ3) is 3.06. The maximum Gasteiger partial charge on any atom is 0.370 e. The van der Waals surface area contributed by atoms with Crippen LogP contribution in [-0.2, 0) is 31.2 Å². The van der Waals surface area contributed by atoms with Crippen molar-refractivity contribution >= 4 is 23.4 Å². The molecular formula is C19H16N2O4. The normalized spacial score (nSPS) is 19.1. The molecule has 0 bridgehead atoms. The molecule has 1 unspecified atom stereocenters. The van der Waals surface area contributed by atoms with E-state index in [0.717, 1.165) is 12.5 Å². The van der Waals surface area contributed by atoms with E-state index in [-0.39, 0.29) is 0 Å². The van der Waals surface area contributed by atoms with Crippen molar-refractivity contribution in [3.8, 4) is 0 Å². The fourth-order valence-corrected chi connectivity index (χ4v) is 2.73. The predicted octanol–water partition coefficient (Wildman–Crippen LogP) is 1.74. The molecule has 1 aliphatic heterocycles. The van der Waals surface area contributed by atoms with Crippen LogP contribution in [0.5, 0.6) is 0 Å². The second-order valence-electron chi connectivity index (χ2n) is 5.71. The molecule has 0 saturated heterocycles. The Morgan fingerprint density at radius 3 is 2.24 bits per heavy atom. The molecule has 0 radical (unpaired) electrons. The minimum atomic E-state index is -1.61. The number of nitrogens with one attached hydrogen (secondary N) is 1. The van der Waals surface area contributed by atoms with Crippen LogP contribution in [0.15, 0.2) is 65.8 Å². The van der Waals surface area contributed by atoms with Crippen molar-refractivity contribution in [2.45, 2.75) is 18.9 Å². The first-order valence-corrected chi connectivity index (χ1v) is 7.75. The third-order valence-corrected chi connectivity index (χ3v) is 4.02. The van der Waals surface area contributed by atoms with E-state index in [0.29, 0.717) is 17.7 Å². The molecule has 0 aromatic heterocycles. The summed E-state index contributed by atoms with van der Waals surface area (Å²) in [6.45, 7) is 1.14. The molecule has 1 aliphatic rings. The Morgan fingerprint density at radius 1 is 1.04 bits per heavy atom. The van der Waals surface area contributed by atoms with Gasteiger partial charge in [-0.1, -0.05) is 65.8 Å². The summed E-state index contributed by atoms with van der Waals surface area (Å²) in [5.74, 6) is -2.31. The molecule has 1 heterocycles. The number of amides is 1. The molecule has 1 N–H and O–H groups in total. The van der Waals surface area contributed by atoms with Gasteiger partial charge in [0.25, 0.3) is 5.91 Å². The van der Waals surface area contributed by atoms with Crippen molar-refractivity contribution in [1.29, 1.82) is 0 Å². The lowest BCUT2D eigenvalue weighted by Gasteiger charge is -2.27. The highest BCUT2D eigenvalue weighted by Gasteiger charge is 2.53. The fourth-order valence-electron chi connectivity index (χ4n) is 2.73. The summed E-state index contributed by atoms with van der Waals surface area (Å²) in [6.07, 6.45) is 0.291. The van der Waals surface area contributed by atoms with Crippen LogP contribution in [0.1, 0.15) is 18.1 Å². The van der Waals surface area contributed by atoms with Gasteiger partial charge in [-0.25, -0.2) is 4.79 Å². The van der Waals surface area contributed by atoms with Crippen LogP contribution in [0, 0.1) is 0 Å². The zero-order valence-electron chi connectivity index (χ0n) is 13.6. The van der Waals surface area contributed by atoms with Crippen molar-refractivity contribution in [3.63, 3.8) is 0 Å². The largest absolute Gasteiger partial charge is 0.370 e. The van der Waals surface area contributed by atoms with Crippen LogP contribution < -0.4 is 5.32 Å². The Bertz CT molecular complexity index is 846. The highest BCUT2D eigenvalue weighted by molar-refractivity contribution is 6.37. The lowest BCUT2D eigenvalue weighted by Crippen LogP contribution is -2.56. The van der Waals surface area contributed by atoms with Gasteiger partial charge in [0.15, 0.2) is 0 Å². The predicted molar refractivity (Wildman–Crippen MR) is 90.6 cm³/mol. The molecule has 3 rings (SSSR count). The van der Waals surface area contributed by atoms with Crippen molar-refractivity contribution < 1.29 is 19.2 Å². The van der Waals surface area contributed by atoms with E-state index in [2.05, 4.69) is 10.5 Å². The smallest absolute Gasteiger partial charge is 0.325 e. The van der Waals surface area contributed by atoms with Crippen molar-refractivity contribution in [3.05, 3.63) is 71.8 Å². The average Bonchev–Trinajstić information content (AvgIpc) is 2.93. The summed E-state index contributed by atoms with van der Waals surface area (Å²) < 4.78 is 0. The first kappa shape index (κ1) is 16.6. The minimum Gasteiger partial charge on any atom is -0.325 e. The van der Waals surface area contributed by atoms with E-state index < -0.39 is 23.2 Å². The monoisotopic (exact) mass is 336 g/mol. The van der Waals surface area contributed by atoms with Crippen molar-refractivity contribution in [2.75, 3.05) is 0 Å². The Labute approximate surface area is 144 Å². The molecule has 0 saturated carbocycles. The van der Waals surface area contributed by atoms with Gasteiger partial charge in [0, 0.05) is 13.3 Å². The molecule has 25 heavy (non-hydrogen) atoms. The van der Waals surface area contributed by atoms with Gasteiger partial charge >= 0.3 is 5.97 Å². The lowest BCUT2D eigenvalue weighted by atomic mass is 9.82. The minimum absolute atomic E-state index is 0.291. The van der Waals surface area contributed by atoms with Crippen LogP contribution >= 0.6 is 0 Å². The van der Waals surface area contributed by atoms with Crippen LogP contribution in [0.3, 0.4) is 0 Å². The Kier molecular flexibility index (Phi) is 4.43. The number of Topliss-reactive ketones (excluding diaryl/α,β-unsaturated/α-hetero) is 1. The van der Waals surface area contributed by atoms with Gasteiger partial charge in [-0.2, -0.15) is 0 Å². The molecule has 2 aromatic rings. The molecule has 0 aliphatic carbocycles. The summed E-state index contributed by atoms with van der Waals surface area (Å²) >= 11 is 0. The summed E-state index contributed by atoms with van der Waals surface area (Å²) in [7, 11) is 0. The number of hydrogen-bond donors (Lipinski definition) is 1. The van der Waals surface area contributed by atoms with Gasteiger partial charge in [0.1, 0.15) is 5.71 Å². The van der Waals surface area contributed by atoms with Crippen LogP contribution in [0.4, 0.5) is 0 Å². The number of nitrogens with zero attached hydrogens (tertiary/aromatic N) is 1. The highest BCUT2D eigenvalue weighted by atomic mass is 16.7. The topological polar surface area (TPSA) is 84.8 Å². The Hall–Kier alpha value is -3.28. The quantitative estimate of drug-likeness (QED) is 0.666. The van der Waals surface area contributed by atoms with E-state index in [1.165, 1.54) is 0 Å². The van der Waals surface area contributed by atoms with Crippen LogP contribution in [0.25, 0.3) is 0 Å². The molecule has 0 spiro atoms. The summed E-state index contributed by atoms with van der Waals surface area (Å²) in [4.78, 5) is 41.1. The number of carbonyl (C=O) groups excluding carboxylic acids is 3. The fraction of sp³-hybridized carbons (Fsp3) is 0.158. The van der Waals surface area contributed by atoms with E-state index in [9.17, 15) is 14.4 Å². The Morgan fingerprint density at radius 2 is 1.64 bits per heavy atom. The van der Waals surface area contributed by atoms with Crippen molar-refractivity contribution in [1.82, 2.24) is 5.32 Å². The Balaban J connectivity index is 2.07. The SMILES string of the molecule is CC(=O)C(=O)NC1(c2ccccc2)C(=O)ON=C1Cc1ccccc1. The summed E-state index contributed by atoms with van der Waals surface area (Å²) in [5.41, 5.74) is 0.100. The zero-order chi connectivity index (χ0) is 17.9. The maximum atomic E-state index is 12.6. The number of hydrogen-bond acceptors (Lipinski definition) is 5. The second-order valence-corrected chi connectivity index (χ2v) is 5.71. The van der Waals surface area contributed by atoms with Crippen LogP contribution in [-0.4, -0.2) is 23.4 Å². The van der Waals surface area contributed by atoms with Crippen LogP contribution in [0.2, 0.25) is 0 Å². The van der Waals surface area contributed by atoms with Gasteiger partial charge in [-0.05, 0) is 11.1 Å². The average molecular weight is 336 g/mol. The summed E-state index contributed by atoms with van der Waals surface area (Å²) in [5, 5.41) is 6.43. The molecule has 6 heteroatoms. The number of ketones is 1. The molecule has 126 valence electrons. The molecule has 2 aromatic carbocycles. The first-order chi connectivity index (χ1) is 12.0. The molecule has 1 atom stereocenters. The molecular weight excluding hydrogens is 320 g/mol. The van der Waals surface area contributed by atoms with E-state index >= 15 is 0 Å². The molecule has 6 nitrogen and oxygen atoms in total. The van der Waals surface area contributed by atoms with Gasteiger partial charge < -0.3 is 10.2 Å². The number of rotatable bonds is 5. The molecule has 0 fully saturated rings.